The predicted molar refractivity (Wildman–Crippen MR) is 138 cm³/mol. The van der Waals surface area contributed by atoms with E-state index in [1.807, 2.05) is 36.4 Å². The molecule has 1 aliphatic rings. The summed E-state index contributed by atoms with van der Waals surface area (Å²) in [4.78, 5) is 28.5. The summed E-state index contributed by atoms with van der Waals surface area (Å²) in [6.45, 7) is 5.93. The molecule has 4 rings (SSSR count). The van der Waals surface area contributed by atoms with Crippen LogP contribution in [0.15, 0.2) is 72.8 Å². The molecule has 0 unspecified atom stereocenters. The van der Waals surface area contributed by atoms with Crippen LogP contribution in [0.5, 0.6) is 17.2 Å². The Balaban J connectivity index is 1.23. The van der Waals surface area contributed by atoms with Crippen LogP contribution in [0.1, 0.15) is 15.9 Å². The number of anilines is 1. The van der Waals surface area contributed by atoms with E-state index in [1.165, 1.54) is 6.07 Å². The van der Waals surface area contributed by atoms with E-state index in [2.05, 4.69) is 22.2 Å². The quantitative estimate of drug-likeness (QED) is 0.445. The van der Waals surface area contributed by atoms with Crippen LogP contribution in [0.2, 0.25) is 0 Å². The molecule has 0 aliphatic carbocycles. The zero-order chi connectivity index (χ0) is 25.3. The van der Waals surface area contributed by atoms with Gasteiger partial charge in [-0.2, -0.15) is 0 Å². The highest BCUT2D eigenvalue weighted by molar-refractivity contribution is 6.00. The van der Waals surface area contributed by atoms with Crippen LogP contribution in [0.3, 0.4) is 0 Å². The van der Waals surface area contributed by atoms with Crippen molar-refractivity contribution < 1.29 is 24.2 Å². The molecular formula is C28H31N3O5. The number of carbonyl (C=O) groups excluding carboxylic acids is 1. The third-order valence-corrected chi connectivity index (χ3v) is 6.05. The molecule has 1 saturated heterocycles. The van der Waals surface area contributed by atoms with Gasteiger partial charge in [0.15, 0.2) is 0 Å². The number of hydrogen-bond donors (Lipinski definition) is 2. The van der Waals surface area contributed by atoms with E-state index < -0.39 is 5.97 Å². The van der Waals surface area contributed by atoms with Crippen molar-refractivity contribution in [3.63, 3.8) is 0 Å². The molecule has 1 amide bonds. The molecule has 1 aliphatic heterocycles. The second-order valence-corrected chi connectivity index (χ2v) is 8.79. The van der Waals surface area contributed by atoms with Crippen molar-refractivity contribution in [2.45, 2.75) is 6.42 Å². The van der Waals surface area contributed by atoms with Gasteiger partial charge in [-0.15, -0.1) is 0 Å². The predicted octanol–water partition coefficient (Wildman–Crippen LogP) is 3.98. The molecular weight excluding hydrogens is 458 g/mol. The zero-order valence-electron chi connectivity index (χ0n) is 20.4. The number of nitrogens with one attached hydrogen (secondary N) is 1. The van der Waals surface area contributed by atoms with E-state index in [4.69, 9.17) is 9.47 Å². The fraction of sp³-hybridized carbons (Fsp3) is 0.286. The van der Waals surface area contributed by atoms with Crippen LogP contribution in [-0.4, -0.2) is 73.2 Å². The number of para-hydroxylation sites is 1. The first kappa shape index (κ1) is 25.2. The number of aromatic carboxylic acids is 1. The van der Waals surface area contributed by atoms with Gasteiger partial charge >= 0.3 is 5.97 Å². The molecule has 0 atom stereocenters. The summed E-state index contributed by atoms with van der Waals surface area (Å²) >= 11 is 0. The molecule has 0 spiro atoms. The van der Waals surface area contributed by atoms with Crippen LogP contribution in [-0.2, 0) is 11.2 Å². The Morgan fingerprint density at radius 2 is 1.47 bits per heavy atom. The Morgan fingerprint density at radius 1 is 0.861 bits per heavy atom. The molecule has 0 saturated carbocycles. The van der Waals surface area contributed by atoms with E-state index in [1.54, 1.807) is 30.3 Å². The van der Waals surface area contributed by atoms with Crippen molar-refractivity contribution in [3.8, 4) is 17.2 Å². The molecule has 0 bridgehead atoms. The summed E-state index contributed by atoms with van der Waals surface area (Å²) in [5, 5.41) is 11.9. The van der Waals surface area contributed by atoms with Crippen molar-refractivity contribution >= 4 is 17.6 Å². The van der Waals surface area contributed by atoms with E-state index in [0.29, 0.717) is 18.1 Å². The van der Waals surface area contributed by atoms with Crippen molar-refractivity contribution in [1.82, 2.24) is 9.80 Å². The van der Waals surface area contributed by atoms with E-state index in [-0.39, 0.29) is 23.6 Å². The Bertz CT molecular complexity index is 1160. The number of nitrogens with zero attached hydrogens (tertiary/aromatic N) is 2. The number of carboxylic acid groups (broad SMARTS) is 1. The van der Waals surface area contributed by atoms with Gasteiger partial charge in [0, 0.05) is 32.7 Å². The van der Waals surface area contributed by atoms with Crippen LogP contribution in [0.4, 0.5) is 5.69 Å². The first-order chi connectivity index (χ1) is 17.5. The van der Waals surface area contributed by atoms with Crippen LogP contribution < -0.4 is 14.8 Å². The van der Waals surface area contributed by atoms with Crippen molar-refractivity contribution in [2.75, 3.05) is 51.7 Å². The first-order valence-electron chi connectivity index (χ1n) is 12.0. The van der Waals surface area contributed by atoms with Crippen molar-refractivity contribution in [3.05, 3.63) is 83.9 Å². The Morgan fingerprint density at radius 3 is 2.14 bits per heavy atom. The van der Waals surface area contributed by atoms with Gasteiger partial charge in [0.2, 0.25) is 5.91 Å². The zero-order valence-corrected chi connectivity index (χ0v) is 20.4. The lowest BCUT2D eigenvalue weighted by molar-refractivity contribution is -0.115. The number of likely N-dealkylation sites (N-methyl/N-ethyl adjacent to an activating group) is 1. The Hall–Kier alpha value is -3.88. The summed E-state index contributed by atoms with van der Waals surface area (Å²) in [5.41, 5.74) is 1.12. The highest BCUT2D eigenvalue weighted by Crippen LogP contribution is 2.24. The molecule has 8 nitrogen and oxygen atoms in total. The summed E-state index contributed by atoms with van der Waals surface area (Å²) in [6.07, 6.45) is 0.119. The minimum atomic E-state index is -1.09. The first-order valence-corrected chi connectivity index (χ1v) is 12.0. The number of rotatable bonds is 10. The summed E-state index contributed by atoms with van der Waals surface area (Å²) in [5.74, 6) is 0.775. The molecule has 1 heterocycles. The van der Waals surface area contributed by atoms with E-state index in [9.17, 15) is 14.7 Å². The van der Waals surface area contributed by atoms with Gasteiger partial charge in [0.25, 0.3) is 0 Å². The van der Waals surface area contributed by atoms with E-state index >= 15 is 0 Å². The smallest absolute Gasteiger partial charge is 0.337 e. The van der Waals surface area contributed by atoms with Crippen LogP contribution in [0.25, 0.3) is 0 Å². The van der Waals surface area contributed by atoms with E-state index in [0.717, 1.165) is 44.0 Å². The average Bonchev–Trinajstić information content (AvgIpc) is 2.87. The molecule has 3 aromatic carbocycles. The maximum absolute atomic E-state index is 12.4. The van der Waals surface area contributed by atoms with Crippen LogP contribution in [0, 0.1) is 0 Å². The highest BCUT2D eigenvalue weighted by Gasteiger charge is 2.14. The average molecular weight is 490 g/mol. The van der Waals surface area contributed by atoms with Crippen LogP contribution >= 0.6 is 0 Å². The summed E-state index contributed by atoms with van der Waals surface area (Å²) in [7, 11) is 2.15. The van der Waals surface area contributed by atoms with Gasteiger partial charge in [0.05, 0.1) is 17.7 Å². The molecule has 2 N–H and O–H groups in total. The molecule has 3 aromatic rings. The molecule has 8 heteroatoms. The lowest BCUT2D eigenvalue weighted by atomic mass is 10.1. The maximum Gasteiger partial charge on any atom is 0.337 e. The fourth-order valence-electron chi connectivity index (χ4n) is 3.94. The lowest BCUT2D eigenvalue weighted by Gasteiger charge is -2.32. The molecule has 36 heavy (non-hydrogen) atoms. The minimum absolute atomic E-state index is 0.0565. The Labute approximate surface area is 211 Å². The summed E-state index contributed by atoms with van der Waals surface area (Å²) in [6, 6.07) is 21.1. The van der Waals surface area contributed by atoms with Gasteiger partial charge in [-0.1, -0.05) is 24.3 Å². The molecule has 1 fully saturated rings. The standard InChI is InChI=1S/C28H31N3O5/c1-30-14-16-31(17-15-30)18-19-35-22-10-12-24(13-11-22)36-23-8-6-21(7-9-23)20-27(32)29-26-5-3-2-4-25(26)28(33)34/h2-13H,14-20H2,1H3,(H,29,32)(H,33,34). The SMILES string of the molecule is CN1CCN(CCOc2ccc(Oc3ccc(CC(=O)Nc4ccccc4C(=O)O)cc3)cc2)CC1. The molecule has 0 radical (unpaired) electrons. The monoisotopic (exact) mass is 489 g/mol. The number of ether oxygens (including phenoxy) is 2. The number of piperazine rings is 1. The number of carbonyl (C=O) groups is 2. The van der Waals surface area contributed by atoms with Crippen molar-refractivity contribution in [1.29, 1.82) is 0 Å². The number of benzene rings is 3. The fourth-order valence-corrected chi connectivity index (χ4v) is 3.94. The number of carboxylic acids is 1. The minimum Gasteiger partial charge on any atom is -0.492 e. The number of hydrogen-bond acceptors (Lipinski definition) is 6. The molecule has 188 valence electrons. The second kappa shape index (κ2) is 12.2. The maximum atomic E-state index is 12.4. The normalized spacial score (nSPS) is 14.2. The number of amides is 1. The van der Waals surface area contributed by atoms with Gasteiger partial charge in [-0.05, 0) is 61.1 Å². The lowest BCUT2D eigenvalue weighted by Crippen LogP contribution is -2.45. The van der Waals surface area contributed by atoms with Gasteiger partial charge in [0.1, 0.15) is 23.9 Å². The second-order valence-electron chi connectivity index (χ2n) is 8.79. The molecule has 0 aromatic heterocycles. The third-order valence-electron chi connectivity index (χ3n) is 6.05. The third kappa shape index (κ3) is 7.31. The largest absolute Gasteiger partial charge is 0.492 e. The van der Waals surface area contributed by atoms with Gasteiger partial charge < -0.3 is 24.8 Å². The highest BCUT2D eigenvalue weighted by atomic mass is 16.5. The topological polar surface area (TPSA) is 91.3 Å². The Kier molecular flexibility index (Phi) is 8.54. The van der Waals surface area contributed by atoms with Crippen molar-refractivity contribution in [2.24, 2.45) is 0 Å². The van der Waals surface area contributed by atoms with Gasteiger partial charge in [-0.3, -0.25) is 9.69 Å². The van der Waals surface area contributed by atoms with Gasteiger partial charge in [-0.25, -0.2) is 4.79 Å². The summed E-state index contributed by atoms with van der Waals surface area (Å²) < 4.78 is 11.8.